The van der Waals surface area contributed by atoms with Gasteiger partial charge in [-0.3, -0.25) is 0 Å². The van der Waals surface area contributed by atoms with Crippen LogP contribution in [0.15, 0.2) is 0 Å². The molecular weight excluding hydrogens is 514 g/mol. The second-order valence-electron chi connectivity index (χ2n) is 0. The fourth-order valence-electron chi connectivity index (χ4n) is 0. The summed E-state index contributed by atoms with van der Waals surface area (Å²) in [5.74, 6) is 0. The van der Waals surface area contributed by atoms with Crippen molar-refractivity contribution in [2.45, 2.75) is 0 Å². The van der Waals surface area contributed by atoms with Crippen LogP contribution in [0.25, 0.3) is 0 Å². The molecule has 0 fully saturated rings. The molecule has 0 aliphatic heterocycles. The Labute approximate surface area is 143 Å². The summed E-state index contributed by atoms with van der Waals surface area (Å²) in [6.45, 7) is 0. The molecule has 0 amide bonds. The smallest absolute Gasteiger partial charge is 1.00 e. The van der Waals surface area contributed by atoms with Gasteiger partial charge in [-0.25, -0.2) is 0 Å². The molecule has 0 rings (SSSR count). The monoisotopic (exact) mass is 513 g/mol. The molecular formula is I3NaScZn+3. The molecule has 0 atom stereocenters. The number of halogens is 3. The molecule has 0 aliphatic carbocycles. The van der Waals surface area contributed by atoms with Crippen LogP contribution in [0.1, 0.15) is 0 Å². The Bertz CT molecular complexity index is 10.8. The van der Waals surface area contributed by atoms with Crippen molar-refractivity contribution < 1.29 is 147 Å². The zero-order chi connectivity index (χ0) is 0. The van der Waals surface area contributed by atoms with Crippen LogP contribution in [-0.4, -0.2) is 0 Å². The molecule has 0 aromatic rings. The van der Waals surface area contributed by atoms with Crippen molar-refractivity contribution in [1.29, 1.82) is 0 Å². The molecule has 0 aliphatic rings. The SMILES string of the molecule is [I-].[I-].[I-].[Na+].[Sc+3].[Zn+2]. The van der Waals surface area contributed by atoms with Crippen LogP contribution in [0.5, 0.6) is 0 Å². The van der Waals surface area contributed by atoms with Gasteiger partial charge < -0.3 is 71.9 Å². The van der Waals surface area contributed by atoms with E-state index in [1.807, 2.05) is 0 Å². The van der Waals surface area contributed by atoms with E-state index >= 15 is 0 Å². The van der Waals surface area contributed by atoms with Crippen molar-refractivity contribution in [3.63, 3.8) is 0 Å². The van der Waals surface area contributed by atoms with Crippen LogP contribution in [0.3, 0.4) is 0 Å². The fraction of sp³-hybridized carbons (Fsp3) is 0. The van der Waals surface area contributed by atoms with Crippen molar-refractivity contribution in [2.24, 2.45) is 0 Å². The Morgan fingerprint density at radius 3 is 0.667 bits per heavy atom. The van der Waals surface area contributed by atoms with Crippen LogP contribution in [0.4, 0.5) is 0 Å². The summed E-state index contributed by atoms with van der Waals surface area (Å²) >= 11 is 0. The second-order valence-corrected chi connectivity index (χ2v) is 0. The molecule has 0 aromatic heterocycles. The molecule has 0 aromatic carbocycles. The number of rotatable bonds is 0. The van der Waals surface area contributed by atoms with Crippen LogP contribution < -0.4 is 101 Å². The van der Waals surface area contributed by atoms with Crippen LogP contribution in [-0.2, 0) is 45.3 Å². The minimum atomic E-state index is 0. The van der Waals surface area contributed by atoms with Crippen molar-refractivity contribution in [1.82, 2.24) is 0 Å². The first-order valence-corrected chi connectivity index (χ1v) is 0. The van der Waals surface area contributed by atoms with Gasteiger partial charge in [0.05, 0.1) is 0 Å². The Balaban J connectivity index is 0. The molecule has 0 unspecified atom stereocenters. The summed E-state index contributed by atoms with van der Waals surface area (Å²) in [5.41, 5.74) is 0. The largest absolute Gasteiger partial charge is 3.00 e. The average Bonchev–Trinajstić information content (AvgIpc) is 0. The quantitative estimate of drug-likeness (QED) is 0.223. The Morgan fingerprint density at radius 1 is 0.667 bits per heavy atom. The van der Waals surface area contributed by atoms with Gasteiger partial charge in [-0.15, -0.1) is 0 Å². The van der Waals surface area contributed by atoms with E-state index in [9.17, 15) is 0 Å². The van der Waals surface area contributed by atoms with E-state index in [-0.39, 0.29) is 147 Å². The van der Waals surface area contributed by atoms with Crippen molar-refractivity contribution in [2.75, 3.05) is 0 Å². The van der Waals surface area contributed by atoms with Crippen LogP contribution >= 0.6 is 0 Å². The molecule has 0 radical (unpaired) electrons. The maximum absolute atomic E-state index is 0. The zero-order valence-corrected chi connectivity index (χ0v) is 16.7. The molecule has 6 heavy (non-hydrogen) atoms. The van der Waals surface area contributed by atoms with E-state index in [1.165, 1.54) is 0 Å². The van der Waals surface area contributed by atoms with Gasteiger partial charge in [0.2, 0.25) is 0 Å². The van der Waals surface area contributed by atoms with Crippen molar-refractivity contribution in [3.05, 3.63) is 0 Å². The third kappa shape index (κ3) is 23.4. The Kier molecular flexibility index (Phi) is 253. The molecule has 0 nitrogen and oxygen atoms in total. The summed E-state index contributed by atoms with van der Waals surface area (Å²) in [5, 5.41) is 0. The van der Waals surface area contributed by atoms with E-state index < -0.39 is 0 Å². The molecule has 0 N–H and O–H groups in total. The van der Waals surface area contributed by atoms with Gasteiger partial charge in [0.1, 0.15) is 0 Å². The minimum Gasteiger partial charge on any atom is -1.00 e. The molecule has 0 spiro atoms. The van der Waals surface area contributed by atoms with Gasteiger partial charge in [-0.05, 0) is 0 Å². The summed E-state index contributed by atoms with van der Waals surface area (Å²) in [6, 6.07) is 0. The van der Waals surface area contributed by atoms with Crippen LogP contribution in [0, 0.1) is 0 Å². The first kappa shape index (κ1) is 45.7. The standard InChI is InChI=1S/3HI.Na.Sc.Zn/h3*1H;;;/q;;;+1;+3;+2/p-3. The van der Waals surface area contributed by atoms with E-state index in [2.05, 4.69) is 0 Å². The zero-order valence-electron chi connectivity index (χ0n) is 3.42. The third-order valence-electron chi connectivity index (χ3n) is 0. The van der Waals surface area contributed by atoms with E-state index in [0.717, 1.165) is 0 Å². The Hall–Kier alpha value is 4.68. The summed E-state index contributed by atoms with van der Waals surface area (Å²) < 4.78 is 0. The number of hydrogen-bond acceptors (Lipinski definition) is 0. The molecule has 0 saturated carbocycles. The second kappa shape index (κ2) is 33.3. The van der Waals surface area contributed by atoms with Gasteiger partial charge in [-0.2, -0.15) is 0 Å². The van der Waals surface area contributed by atoms with E-state index in [4.69, 9.17) is 0 Å². The normalized spacial score (nSPS) is 0. The predicted octanol–water partition coefficient (Wildman–Crippen LogP) is -12.0. The molecule has 0 saturated heterocycles. The molecule has 6 heteroatoms. The maximum atomic E-state index is 0. The maximum Gasteiger partial charge on any atom is 3.00 e. The molecule has 0 heterocycles. The minimum absolute atomic E-state index is 0. The van der Waals surface area contributed by atoms with Gasteiger partial charge >= 0.3 is 74.9 Å². The third-order valence-corrected chi connectivity index (χ3v) is 0. The topological polar surface area (TPSA) is 0 Å². The van der Waals surface area contributed by atoms with Gasteiger partial charge in [0.25, 0.3) is 0 Å². The van der Waals surface area contributed by atoms with Gasteiger partial charge in [-0.1, -0.05) is 0 Å². The fourth-order valence-corrected chi connectivity index (χ4v) is 0. The summed E-state index contributed by atoms with van der Waals surface area (Å²) in [7, 11) is 0. The first-order chi connectivity index (χ1) is 0. The predicted molar refractivity (Wildman–Crippen MR) is 0 cm³/mol. The van der Waals surface area contributed by atoms with Crippen molar-refractivity contribution >= 4 is 0 Å². The number of hydrogen-bond donors (Lipinski definition) is 0. The van der Waals surface area contributed by atoms with Crippen LogP contribution in [0.2, 0.25) is 0 Å². The van der Waals surface area contributed by atoms with Gasteiger partial charge in [0, 0.05) is 0 Å². The van der Waals surface area contributed by atoms with Crippen molar-refractivity contribution in [3.8, 4) is 0 Å². The molecule has 0 bridgehead atoms. The van der Waals surface area contributed by atoms with E-state index in [0.29, 0.717) is 0 Å². The summed E-state index contributed by atoms with van der Waals surface area (Å²) in [4.78, 5) is 0. The van der Waals surface area contributed by atoms with E-state index in [1.54, 1.807) is 0 Å². The Morgan fingerprint density at radius 2 is 0.667 bits per heavy atom. The first-order valence-electron chi connectivity index (χ1n) is 0. The average molecular weight is 514 g/mol. The summed E-state index contributed by atoms with van der Waals surface area (Å²) in [6.07, 6.45) is 0. The molecule has 24 valence electrons. The van der Waals surface area contributed by atoms with Gasteiger partial charge in [0.15, 0.2) is 0 Å².